The highest BCUT2D eigenvalue weighted by atomic mass is 32.2. The molecule has 0 saturated carbocycles. The molecule has 0 aliphatic carbocycles. The van der Waals surface area contributed by atoms with Gasteiger partial charge < -0.3 is 4.42 Å². The second-order valence-corrected chi connectivity index (χ2v) is 13.3. The molecule has 1 aliphatic rings. The molecule has 2 heterocycles. The Morgan fingerprint density at radius 2 is 1.62 bits per heavy atom. The van der Waals surface area contributed by atoms with Gasteiger partial charge in [-0.25, -0.2) is 16.8 Å². The molecule has 1 fully saturated rings. The first-order valence-electron chi connectivity index (χ1n) is 12.4. The molecule has 7 nitrogen and oxygen atoms in total. The molecule has 1 atom stereocenters. The Morgan fingerprint density at radius 3 is 2.33 bits per heavy atom. The van der Waals surface area contributed by atoms with Crippen molar-refractivity contribution in [2.45, 2.75) is 52.8 Å². The highest BCUT2D eigenvalue weighted by Crippen LogP contribution is 2.32. The summed E-state index contributed by atoms with van der Waals surface area (Å²) in [5.74, 6) is -0.298. The number of carbonyl (C=O) groups excluding carboxylic acids is 1. The third kappa shape index (κ3) is 5.43. The fourth-order valence-electron chi connectivity index (χ4n) is 4.81. The zero-order valence-corrected chi connectivity index (χ0v) is 22.6. The number of furan rings is 1. The summed E-state index contributed by atoms with van der Waals surface area (Å²) in [6, 6.07) is 16.5. The van der Waals surface area contributed by atoms with Crippen LogP contribution < -0.4 is 0 Å². The third-order valence-electron chi connectivity index (χ3n) is 6.90. The number of ketones is 1. The smallest absolute Gasteiger partial charge is 0.416 e. The molecule has 0 amide bonds. The average Bonchev–Trinajstić information content (AvgIpc) is 3.60. The minimum absolute atomic E-state index is 0.0272. The van der Waals surface area contributed by atoms with Crippen LogP contribution in [0, 0.1) is 0 Å². The van der Waals surface area contributed by atoms with Crippen molar-refractivity contribution in [1.29, 1.82) is 0 Å². The zero-order valence-electron chi connectivity index (χ0n) is 21.0. The molecule has 12 heteroatoms. The Hall–Kier alpha value is -3.48. The predicted octanol–water partition coefficient (Wildman–Crippen LogP) is 5.64. The van der Waals surface area contributed by atoms with Gasteiger partial charge in [0.05, 0.1) is 21.4 Å². The van der Waals surface area contributed by atoms with E-state index in [0.29, 0.717) is 41.5 Å². The van der Waals surface area contributed by atoms with Crippen molar-refractivity contribution < 1.29 is 39.2 Å². The molecule has 4 aromatic rings. The molecule has 0 bridgehead atoms. The second kappa shape index (κ2) is 10.5. The number of rotatable bonds is 8. The number of fused-ring (bicyclic) bond motifs is 1. The van der Waals surface area contributed by atoms with E-state index >= 15 is 0 Å². The number of halogens is 3. The summed E-state index contributed by atoms with van der Waals surface area (Å²) in [5.41, 5.74) is -0.0118. The van der Waals surface area contributed by atoms with E-state index in [-0.39, 0.29) is 40.1 Å². The molecular weight excluding hydrogens is 567 g/mol. The van der Waals surface area contributed by atoms with E-state index in [9.17, 15) is 34.8 Å². The molecular formula is C28H24F3NO6S2. The molecule has 1 aromatic heterocycles. The first kappa shape index (κ1) is 28.1. The van der Waals surface area contributed by atoms with Crippen LogP contribution >= 0.6 is 0 Å². The Morgan fingerprint density at radius 1 is 0.900 bits per heavy atom. The van der Waals surface area contributed by atoms with Gasteiger partial charge in [0.2, 0.25) is 14.9 Å². The van der Waals surface area contributed by atoms with E-state index in [1.807, 2.05) is 0 Å². The maximum absolute atomic E-state index is 13.3. The van der Waals surface area contributed by atoms with Crippen LogP contribution in [0.3, 0.4) is 0 Å². The lowest BCUT2D eigenvalue weighted by atomic mass is 10.0. The van der Waals surface area contributed by atoms with Gasteiger partial charge in [-0.15, -0.1) is 0 Å². The predicted molar refractivity (Wildman–Crippen MR) is 140 cm³/mol. The van der Waals surface area contributed by atoms with Gasteiger partial charge >= 0.3 is 6.18 Å². The number of alkyl halides is 3. The molecule has 0 N–H and O–H groups in total. The van der Waals surface area contributed by atoms with Crippen molar-refractivity contribution in [3.05, 3.63) is 90.0 Å². The van der Waals surface area contributed by atoms with E-state index in [1.165, 1.54) is 28.6 Å². The number of Topliss-reactive ketones (excluding diaryl/α,β-unsaturated/α-hetero) is 1. The summed E-state index contributed by atoms with van der Waals surface area (Å²) in [6.07, 6.45) is -3.59. The number of nitrogens with zero attached hydrogens (tertiary/aromatic N) is 1. The van der Waals surface area contributed by atoms with Gasteiger partial charge in [0.25, 0.3) is 10.0 Å². The normalized spacial score (nSPS) is 16.9. The zero-order chi connectivity index (χ0) is 28.7. The Labute approximate surface area is 229 Å². The largest absolute Gasteiger partial charge is 0.443 e. The van der Waals surface area contributed by atoms with Crippen LogP contribution in [0.1, 0.15) is 30.4 Å². The van der Waals surface area contributed by atoms with Crippen LogP contribution in [0.15, 0.2) is 98.2 Å². The summed E-state index contributed by atoms with van der Waals surface area (Å²) in [5, 5.41) is 0.406. The van der Waals surface area contributed by atoms with Crippen molar-refractivity contribution in [3.63, 3.8) is 0 Å². The minimum atomic E-state index is -4.59. The molecule has 210 valence electrons. The molecule has 1 aliphatic heterocycles. The number of hydrogen-bond donors (Lipinski definition) is 0. The van der Waals surface area contributed by atoms with E-state index in [4.69, 9.17) is 4.42 Å². The number of aryl methyl sites for hydroxylation is 1. The Bertz CT molecular complexity index is 1750. The highest BCUT2D eigenvalue weighted by molar-refractivity contribution is 7.91. The van der Waals surface area contributed by atoms with Gasteiger partial charge in [-0.3, -0.25) is 4.79 Å². The lowest BCUT2D eigenvalue weighted by Gasteiger charge is -2.21. The molecule has 0 spiro atoms. The van der Waals surface area contributed by atoms with Crippen molar-refractivity contribution in [1.82, 2.24) is 4.31 Å². The monoisotopic (exact) mass is 591 g/mol. The van der Waals surface area contributed by atoms with Crippen LogP contribution in [0.2, 0.25) is 0 Å². The van der Waals surface area contributed by atoms with Crippen molar-refractivity contribution in [2.75, 3.05) is 6.54 Å². The van der Waals surface area contributed by atoms with Crippen LogP contribution in [0.25, 0.3) is 11.0 Å². The van der Waals surface area contributed by atoms with Gasteiger partial charge in [0.1, 0.15) is 5.58 Å². The van der Waals surface area contributed by atoms with Gasteiger partial charge in [-0.05, 0) is 67.3 Å². The van der Waals surface area contributed by atoms with Gasteiger partial charge in [-0.2, -0.15) is 17.5 Å². The summed E-state index contributed by atoms with van der Waals surface area (Å²) >= 11 is 0. The van der Waals surface area contributed by atoms with Crippen LogP contribution in [-0.2, 0) is 37.3 Å². The topological polar surface area (TPSA) is 102 Å². The first-order chi connectivity index (χ1) is 18.9. The molecule has 5 rings (SSSR count). The van der Waals surface area contributed by atoms with Crippen molar-refractivity contribution in [3.8, 4) is 0 Å². The summed E-state index contributed by atoms with van der Waals surface area (Å²) in [4.78, 5) is 12.7. The molecule has 0 unspecified atom stereocenters. The van der Waals surface area contributed by atoms with E-state index < -0.39 is 37.6 Å². The maximum atomic E-state index is 13.3. The van der Waals surface area contributed by atoms with Crippen LogP contribution in [-0.4, -0.2) is 39.5 Å². The van der Waals surface area contributed by atoms with E-state index in [1.54, 1.807) is 30.3 Å². The van der Waals surface area contributed by atoms with Gasteiger partial charge in [0.15, 0.2) is 5.78 Å². The second-order valence-electron chi connectivity index (χ2n) is 9.52. The third-order valence-corrected chi connectivity index (χ3v) is 10.4. The van der Waals surface area contributed by atoms with E-state index in [2.05, 4.69) is 0 Å². The van der Waals surface area contributed by atoms with Gasteiger partial charge in [0, 0.05) is 24.4 Å². The summed E-state index contributed by atoms with van der Waals surface area (Å²) in [7, 11) is -8.15. The SMILES string of the molecule is O=C(CCc1cccc(S(=O)(=O)c2ccc(C(F)(F)F)cc2)c1)[C@@H]1CCCN1S(=O)(=O)c1cc2ccccc2o1. The number of para-hydroxylation sites is 1. The first-order valence-corrected chi connectivity index (χ1v) is 15.3. The number of carbonyl (C=O) groups is 1. The van der Waals surface area contributed by atoms with E-state index in [0.717, 1.165) is 12.1 Å². The molecule has 1 saturated heterocycles. The van der Waals surface area contributed by atoms with Crippen molar-refractivity contribution >= 4 is 36.6 Å². The molecule has 40 heavy (non-hydrogen) atoms. The number of sulfonamides is 1. The number of benzene rings is 3. The fraction of sp³-hybridized carbons (Fsp3) is 0.250. The Kier molecular flexibility index (Phi) is 7.36. The standard InChI is InChI=1S/C28H24F3NO6S2/c29-28(30,31)21-11-13-22(14-12-21)39(34,35)23-7-3-5-19(17-23)10-15-25(33)24-8-4-16-32(24)40(36,37)27-18-20-6-1-2-9-26(20)38-27/h1-3,5-7,9,11-14,17-18,24H,4,8,10,15-16H2/t24-/m0/s1. The number of hydrogen-bond acceptors (Lipinski definition) is 6. The number of sulfone groups is 1. The molecule has 3 aromatic carbocycles. The summed E-state index contributed by atoms with van der Waals surface area (Å²) < 4.78 is 97.9. The lowest BCUT2D eigenvalue weighted by Crippen LogP contribution is -2.40. The minimum Gasteiger partial charge on any atom is -0.443 e. The lowest BCUT2D eigenvalue weighted by molar-refractivity contribution is -0.137. The fourth-order valence-corrected chi connectivity index (χ4v) is 7.77. The highest BCUT2D eigenvalue weighted by Gasteiger charge is 2.40. The molecule has 0 radical (unpaired) electrons. The quantitative estimate of drug-likeness (QED) is 0.263. The average molecular weight is 592 g/mol. The Balaban J connectivity index is 1.29. The van der Waals surface area contributed by atoms with Crippen molar-refractivity contribution in [2.24, 2.45) is 0 Å². The maximum Gasteiger partial charge on any atom is 0.416 e. The summed E-state index contributed by atoms with van der Waals surface area (Å²) in [6.45, 7) is 0.177. The van der Waals surface area contributed by atoms with Crippen LogP contribution in [0.5, 0.6) is 0 Å². The van der Waals surface area contributed by atoms with Crippen LogP contribution in [0.4, 0.5) is 13.2 Å². The van der Waals surface area contributed by atoms with Gasteiger partial charge in [-0.1, -0.05) is 30.3 Å².